The van der Waals surface area contributed by atoms with E-state index >= 15 is 0 Å². The quantitative estimate of drug-likeness (QED) is 0.634. The number of amides is 1. The molecular formula is C21H19ClN2O4S. The SMILES string of the molecule is COc1ccc(/C=C2\N=C(SCC(C)=O)N(c3ccc(Cl)c(OC)c3)C2=O)cc1. The van der Waals surface area contributed by atoms with Crippen molar-refractivity contribution in [3.05, 3.63) is 58.7 Å². The minimum atomic E-state index is -0.295. The average molecular weight is 431 g/mol. The van der Waals surface area contributed by atoms with Crippen LogP contribution in [0.4, 0.5) is 5.69 Å². The van der Waals surface area contributed by atoms with Crippen molar-refractivity contribution in [2.45, 2.75) is 6.92 Å². The van der Waals surface area contributed by atoms with Crippen LogP contribution in [-0.4, -0.2) is 36.8 Å². The zero-order valence-corrected chi connectivity index (χ0v) is 17.7. The van der Waals surface area contributed by atoms with E-state index in [1.165, 1.54) is 30.7 Å². The van der Waals surface area contributed by atoms with Crippen molar-refractivity contribution in [2.24, 2.45) is 4.99 Å². The van der Waals surface area contributed by atoms with Gasteiger partial charge in [-0.1, -0.05) is 35.5 Å². The number of halogens is 1. The van der Waals surface area contributed by atoms with Crippen LogP contribution in [0.1, 0.15) is 12.5 Å². The Hall–Kier alpha value is -2.77. The Morgan fingerprint density at radius 3 is 2.52 bits per heavy atom. The number of benzene rings is 2. The molecule has 0 N–H and O–H groups in total. The number of rotatable bonds is 6. The van der Waals surface area contributed by atoms with E-state index < -0.39 is 0 Å². The lowest BCUT2D eigenvalue weighted by molar-refractivity contribution is -0.115. The molecule has 0 radical (unpaired) electrons. The molecule has 1 aliphatic rings. The highest BCUT2D eigenvalue weighted by Gasteiger charge is 2.32. The van der Waals surface area contributed by atoms with Gasteiger partial charge in [-0.3, -0.25) is 14.5 Å². The Balaban J connectivity index is 1.98. The highest BCUT2D eigenvalue weighted by molar-refractivity contribution is 8.14. The van der Waals surface area contributed by atoms with E-state index in [1.54, 1.807) is 31.4 Å². The van der Waals surface area contributed by atoms with Crippen LogP contribution in [0.2, 0.25) is 5.02 Å². The molecule has 0 spiro atoms. The fourth-order valence-corrected chi connectivity index (χ4v) is 3.64. The van der Waals surface area contributed by atoms with Crippen LogP contribution in [0, 0.1) is 0 Å². The zero-order valence-electron chi connectivity index (χ0n) is 16.1. The predicted molar refractivity (Wildman–Crippen MR) is 117 cm³/mol. The van der Waals surface area contributed by atoms with Gasteiger partial charge in [0.1, 0.15) is 23.0 Å². The monoisotopic (exact) mass is 430 g/mol. The number of anilines is 1. The Morgan fingerprint density at radius 2 is 1.90 bits per heavy atom. The first-order valence-electron chi connectivity index (χ1n) is 8.67. The molecule has 3 rings (SSSR count). The highest BCUT2D eigenvalue weighted by Crippen LogP contribution is 2.34. The van der Waals surface area contributed by atoms with Crippen molar-refractivity contribution >= 4 is 52.0 Å². The van der Waals surface area contributed by atoms with Gasteiger partial charge in [-0.2, -0.15) is 0 Å². The van der Waals surface area contributed by atoms with Crippen LogP contribution in [0.25, 0.3) is 6.08 Å². The summed E-state index contributed by atoms with van der Waals surface area (Å²) >= 11 is 7.32. The number of nitrogens with zero attached hydrogens (tertiary/aromatic N) is 2. The first-order valence-corrected chi connectivity index (χ1v) is 10.0. The molecule has 0 fully saturated rings. The molecule has 0 unspecified atom stereocenters. The summed E-state index contributed by atoms with van der Waals surface area (Å²) in [7, 11) is 3.10. The third-order valence-corrected chi connectivity index (χ3v) is 5.44. The van der Waals surface area contributed by atoms with Crippen LogP contribution in [0.3, 0.4) is 0 Å². The summed E-state index contributed by atoms with van der Waals surface area (Å²) in [6, 6.07) is 12.3. The van der Waals surface area contributed by atoms with Crippen LogP contribution in [-0.2, 0) is 9.59 Å². The average Bonchev–Trinajstić information content (AvgIpc) is 3.02. The summed E-state index contributed by atoms with van der Waals surface area (Å²) in [4.78, 5) is 30.5. The van der Waals surface area contributed by atoms with Crippen molar-refractivity contribution in [3.8, 4) is 11.5 Å². The normalized spacial score (nSPS) is 14.9. The summed E-state index contributed by atoms with van der Waals surface area (Å²) in [5.74, 6) is 1.08. The molecule has 0 bridgehead atoms. The minimum Gasteiger partial charge on any atom is -0.497 e. The van der Waals surface area contributed by atoms with E-state index in [-0.39, 0.29) is 23.1 Å². The molecule has 2 aromatic carbocycles. The number of amidine groups is 1. The zero-order chi connectivity index (χ0) is 21.0. The van der Waals surface area contributed by atoms with Gasteiger partial charge in [0.2, 0.25) is 0 Å². The van der Waals surface area contributed by atoms with Crippen molar-refractivity contribution < 1.29 is 19.1 Å². The summed E-state index contributed by atoms with van der Waals surface area (Å²) in [6.07, 6.45) is 1.70. The number of carbonyl (C=O) groups excluding carboxylic acids is 2. The van der Waals surface area contributed by atoms with Gasteiger partial charge in [-0.25, -0.2) is 4.99 Å². The van der Waals surface area contributed by atoms with E-state index in [4.69, 9.17) is 21.1 Å². The number of ether oxygens (including phenoxy) is 2. The standard InChI is InChI=1S/C21H19ClN2O4S/c1-13(25)12-29-21-23-18(10-14-4-7-16(27-2)8-5-14)20(26)24(21)15-6-9-17(22)19(11-15)28-3/h4-11H,12H2,1-3H3/b18-10-. The number of methoxy groups -OCH3 is 2. The maximum atomic E-state index is 13.1. The molecule has 8 heteroatoms. The number of thioether (sulfide) groups is 1. The molecule has 1 amide bonds. The summed E-state index contributed by atoms with van der Waals surface area (Å²) in [6.45, 7) is 1.49. The van der Waals surface area contributed by atoms with E-state index in [0.29, 0.717) is 21.6 Å². The van der Waals surface area contributed by atoms with Crippen LogP contribution < -0.4 is 14.4 Å². The lowest BCUT2D eigenvalue weighted by Gasteiger charge is -2.18. The van der Waals surface area contributed by atoms with Crippen molar-refractivity contribution in [1.29, 1.82) is 0 Å². The van der Waals surface area contributed by atoms with Crippen LogP contribution in [0.5, 0.6) is 11.5 Å². The third kappa shape index (κ3) is 4.81. The van der Waals surface area contributed by atoms with E-state index in [2.05, 4.69) is 4.99 Å². The fraction of sp³-hybridized carbons (Fsp3) is 0.190. The molecular weight excluding hydrogens is 412 g/mol. The van der Waals surface area contributed by atoms with Gasteiger partial charge in [-0.15, -0.1) is 0 Å². The Bertz CT molecular complexity index is 1000. The summed E-state index contributed by atoms with van der Waals surface area (Å²) < 4.78 is 10.4. The molecule has 2 aromatic rings. The lowest BCUT2D eigenvalue weighted by Crippen LogP contribution is -2.30. The van der Waals surface area contributed by atoms with E-state index in [9.17, 15) is 9.59 Å². The first kappa shape index (κ1) is 21.0. The van der Waals surface area contributed by atoms with Crippen molar-refractivity contribution in [3.63, 3.8) is 0 Å². The Morgan fingerprint density at radius 1 is 1.17 bits per heavy atom. The van der Waals surface area contributed by atoms with Crippen molar-refractivity contribution in [2.75, 3.05) is 24.9 Å². The number of aliphatic imine (C=N–C) groups is 1. The van der Waals surface area contributed by atoms with Crippen LogP contribution in [0.15, 0.2) is 53.2 Å². The van der Waals surface area contributed by atoms with Gasteiger partial charge < -0.3 is 9.47 Å². The maximum Gasteiger partial charge on any atom is 0.283 e. The maximum absolute atomic E-state index is 13.1. The Kier molecular flexibility index (Phi) is 6.61. The highest BCUT2D eigenvalue weighted by atomic mass is 35.5. The van der Waals surface area contributed by atoms with Gasteiger partial charge in [0.25, 0.3) is 5.91 Å². The van der Waals surface area contributed by atoms with Gasteiger partial charge in [-0.05, 0) is 42.8 Å². The molecule has 1 heterocycles. The molecule has 0 aliphatic carbocycles. The third-order valence-electron chi connectivity index (χ3n) is 4.05. The van der Waals surface area contributed by atoms with E-state index in [0.717, 1.165) is 11.3 Å². The van der Waals surface area contributed by atoms with Gasteiger partial charge in [0.15, 0.2) is 5.17 Å². The first-order chi connectivity index (χ1) is 13.9. The van der Waals surface area contributed by atoms with Gasteiger partial charge in [0, 0.05) is 6.07 Å². The summed E-state index contributed by atoms with van der Waals surface area (Å²) in [5, 5.41) is 0.862. The second kappa shape index (κ2) is 9.15. The minimum absolute atomic E-state index is 0.00799. The largest absolute Gasteiger partial charge is 0.497 e. The van der Waals surface area contributed by atoms with Gasteiger partial charge in [0.05, 0.1) is 30.7 Å². The second-order valence-corrected chi connectivity index (χ2v) is 7.50. The number of hydrogen-bond acceptors (Lipinski definition) is 6. The predicted octanol–water partition coefficient (Wildman–Crippen LogP) is 4.42. The summed E-state index contributed by atoms with van der Waals surface area (Å²) in [5.41, 5.74) is 1.64. The molecule has 150 valence electrons. The lowest BCUT2D eigenvalue weighted by atomic mass is 10.2. The molecule has 0 aromatic heterocycles. The van der Waals surface area contributed by atoms with Crippen molar-refractivity contribution in [1.82, 2.24) is 0 Å². The number of ketones is 1. The molecule has 6 nitrogen and oxygen atoms in total. The molecule has 1 aliphatic heterocycles. The number of carbonyl (C=O) groups is 2. The number of Topliss-reactive ketones (excluding diaryl/α,β-unsaturated/α-hetero) is 1. The molecule has 29 heavy (non-hydrogen) atoms. The van der Waals surface area contributed by atoms with Gasteiger partial charge >= 0.3 is 0 Å². The number of hydrogen-bond donors (Lipinski definition) is 0. The fourth-order valence-electron chi connectivity index (χ4n) is 2.63. The van der Waals surface area contributed by atoms with E-state index in [1.807, 2.05) is 24.3 Å². The molecule has 0 saturated carbocycles. The smallest absolute Gasteiger partial charge is 0.283 e. The van der Waals surface area contributed by atoms with Crippen LogP contribution >= 0.6 is 23.4 Å². The molecule has 0 atom stereocenters. The second-order valence-electron chi connectivity index (χ2n) is 6.15. The topological polar surface area (TPSA) is 68.2 Å². The molecule has 0 saturated heterocycles. The Labute approximate surface area is 178 Å².